The van der Waals surface area contributed by atoms with Crippen molar-refractivity contribution >= 4 is 0 Å². The molecular formula is C24H30O. The van der Waals surface area contributed by atoms with E-state index in [1.807, 2.05) is 0 Å². The molecule has 132 valence electrons. The molecule has 0 atom stereocenters. The monoisotopic (exact) mass is 334 g/mol. The predicted molar refractivity (Wildman–Crippen MR) is 104 cm³/mol. The maximum atomic E-state index is 6.52. The van der Waals surface area contributed by atoms with E-state index >= 15 is 0 Å². The van der Waals surface area contributed by atoms with E-state index in [1.165, 1.54) is 62.5 Å². The topological polar surface area (TPSA) is 9.23 Å². The molecule has 0 N–H and O–H groups in total. The van der Waals surface area contributed by atoms with Gasteiger partial charge in [-0.25, -0.2) is 0 Å². The minimum atomic E-state index is 0.248. The summed E-state index contributed by atoms with van der Waals surface area (Å²) >= 11 is 0. The van der Waals surface area contributed by atoms with Crippen LogP contribution in [0.3, 0.4) is 0 Å². The van der Waals surface area contributed by atoms with Crippen LogP contribution in [0.5, 0.6) is 0 Å². The van der Waals surface area contributed by atoms with Gasteiger partial charge in [0.25, 0.3) is 0 Å². The van der Waals surface area contributed by atoms with Gasteiger partial charge in [-0.1, -0.05) is 86.3 Å². The van der Waals surface area contributed by atoms with Crippen molar-refractivity contribution in [3.63, 3.8) is 0 Å². The van der Waals surface area contributed by atoms with Crippen LogP contribution in [0.15, 0.2) is 60.7 Å². The molecular weight excluding hydrogens is 304 g/mol. The molecule has 2 aliphatic rings. The van der Waals surface area contributed by atoms with Gasteiger partial charge in [-0.05, 0) is 36.8 Å². The number of ether oxygens (including phenoxy) is 1. The molecule has 0 aliphatic heterocycles. The summed E-state index contributed by atoms with van der Waals surface area (Å²) in [6.45, 7) is 1.76. The van der Waals surface area contributed by atoms with Gasteiger partial charge in [-0.3, -0.25) is 0 Å². The first kappa shape index (κ1) is 16.8. The number of hydrogen-bond donors (Lipinski definition) is 0. The first-order valence-electron chi connectivity index (χ1n) is 10.0. The van der Waals surface area contributed by atoms with Gasteiger partial charge in [-0.15, -0.1) is 0 Å². The van der Waals surface area contributed by atoms with E-state index in [4.69, 9.17) is 4.74 Å². The Balaban J connectivity index is 1.48. The van der Waals surface area contributed by atoms with Gasteiger partial charge in [0.05, 0.1) is 13.2 Å². The summed E-state index contributed by atoms with van der Waals surface area (Å²) in [5.74, 6) is 0. The van der Waals surface area contributed by atoms with Crippen molar-refractivity contribution in [2.24, 2.45) is 0 Å². The Kier molecular flexibility index (Phi) is 4.94. The quantitative estimate of drug-likeness (QED) is 0.627. The molecule has 2 aromatic carbocycles. The molecule has 2 saturated carbocycles. The van der Waals surface area contributed by atoms with Crippen molar-refractivity contribution in [1.82, 2.24) is 0 Å². The van der Waals surface area contributed by atoms with Crippen molar-refractivity contribution in [2.75, 3.05) is 13.2 Å². The zero-order chi connectivity index (χ0) is 17.0. The summed E-state index contributed by atoms with van der Waals surface area (Å²) in [5.41, 5.74) is 3.45. The van der Waals surface area contributed by atoms with E-state index in [2.05, 4.69) is 60.7 Å². The van der Waals surface area contributed by atoms with Crippen LogP contribution in [0.4, 0.5) is 0 Å². The molecule has 0 bridgehead atoms. The Hall–Kier alpha value is -1.60. The summed E-state index contributed by atoms with van der Waals surface area (Å²) in [4.78, 5) is 0. The van der Waals surface area contributed by atoms with Crippen molar-refractivity contribution in [3.8, 4) is 0 Å². The van der Waals surface area contributed by atoms with Crippen LogP contribution in [0, 0.1) is 0 Å². The second kappa shape index (κ2) is 7.33. The molecule has 0 radical (unpaired) electrons. The Labute approximate surface area is 152 Å². The molecule has 0 heterocycles. The second-order valence-electron chi connectivity index (χ2n) is 8.20. The fourth-order valence-corrected chi connectivity index (χ4v) is 5.16. The number of rotatable bonds is 6. The van der Waals surface area contributed by atoms with Gasteiger partial charge in [0.2, 0.25) is 0 Å². The highest BCUT2D eigenvalue weighted by Gasteiger charge is 2.39. The Bertz CT molecular complexity index is 590. The van der Waals surface area contributed by atoms with Crippen molar-refractivity contribution < 1.29 is 4.74 Å². The molecule has 1 heteroatoms. The van der Waals surface area contributed by atoms with Crippen LogP contribution >= 0.6 is 0 Å². The zero-order valence-electron chi connectivity index (χ0n) is 15.3. The van der Waals surface area contributed by atoms with Crippen LogP contribution in [-0.2, 0) is 15.6 Å². The lowest BCUT2D eigenvalue weighted by molar-refractivity contribution is 0.0467. The van der Waals surface area contributed by atoms with Crippen LogP contribution in [-0.4, -0.2) is 13.2 Å². The summed E-state index contributed by atoms with van der Waals surface area (Å²) in [6.07, 6.45) is 10.4. The summed E-state index contributed by atoms with van der Waals surface area (Å²) < 4.78 is 6.52. The van der Waals surface area contributed by atoms with Crippen LogP contribution in [0.2, 0.25) is 0 Å². The molecule has 2 aromatic rings. The summed E-state index contributed by atoms with van der Waals surface area (Å²) in [6, 6.07) is 22.2. The lowest BCUT2D eigenvalue weighted by Crippen LogP contribution is -2.34. The molecule has 0 saturated heterocycles. The van der Waals surface area contributed by atoms with Gasteiger partial charge >= 0.3 is 0 Å². The molecule has 0 unspecified atom stereocenters. The molecule has 2 fully saturated rings. The lowest BCUT2D eigenvalue weighted by Gasteiger charge is -2.34. The highest BCUT2D eigenvalue weighted by molar-refractivity contribution is 5.28. The predicted octanol–water partition coefficient (Wildman–Crippen LogP) is 6.03. The highest BCUT2D eigenvalue weighted by Crippen LogP contribution is 2.44. The maximum Gasteiger partial charge on any atom is 0.0563 e. The fraction of sp³-hybridized carbons (Fsp3) is 0.500. The summed E-state index contributed by atoms with van der Waals surface area (Å²) in [5, 5.41) is 0. The summed E-state index contributed by atoms with van der Waals surface area (Å²) in [7, 11) is 0. The Morgan fingerprint density at radius 2 is 0.920 bits per heavy atom. The van der Waals surface area contributed by atoms with E-state index in [9.17, 15) is 0 Å². The molecule has 0 spiro atoms. The highest BCUT2D eigenvalue weighted by atomic mass is 16.5. The largest absolute Gasteiger partial charge is 0.380 e. The van der Waals surface area contributed by atoms with E-state index in [0.717, 1.165) is 13.2 Å². The number of benzene rings is 2. The van der Waals surface area contributed by atoms with E-state index in [1.54, 1.807) is 0 Å². The first-order chi connectivity index (χ1) is 12.3. The minimum absolute atomic E-state index is 0.248. The third-order valence-electron chi connectivity index (χ3n) is 6.65. The van der Waals surface area contributed by atoms with Gasteiger partial charge < -0.3 is 4.74 Å². The van der Waals surface area contributed by atoms with Crippen molar-refractivity contribution in [1.29, 1.82) is 0 Å². The van der Waals surface area contributed by atoms with E-state index < -0.39 is 0 Å². The lowest BCUT2D eigenvalue weighted by atomic mass is 9.78. The van der Waals surface area contributed by atoms with Gasteiger partial charge in [0.1, 0.15) is 0 Å². The first-order valence-corrected chi connectivity index (χ1v) is 10.0. The average Bonchev–Trinajstić information content (AvgIpc) is 3.35. The smallest absolute Gasteiger partial charge is 0.0563 e. The van der Waals surface area contributed by atoms with Crippen molar-refractivity contribution in [3.05, 3.63) is 71.8 Å². The average molecular weight is 335 g/mol. The molecule has 2 aliphatic carbocycles. The number of hydrogen-bond acceptors (Lipinski definition) is 1. The molecule has 4 rings (SSSR count). The SMILES string of the molecule is c1ccc(C2(COCC3(c4ccccc4)CCCC3)CCCC2)cc1. The molecule has 1 nitrogen and oxygen atoms in total. The van der Waals surface area contributed by atoms with Gasteiger partial charge in [0.15, 0.2) is 0 Å². The van der Waals surface area contributed by atoms with Crippen molar-refractivity contribution in [2.45, 2.75) is 62.2 Å². The van der Waals surface area contributed by atoms with Crippen LogP contribution < -0.4 is 0 Å². The second-order valence-corrected chi connectivity index (χ2v) is 8.20. The Morgan fingerprint density at radius 1 is 0.560 bits per heavy atom. The Morgan fingerprint density at radius 3 is 1.28 bits per heavy atom. The van der Waals surface area contributed by atoms with Crippen LogP contribution in [0.25, 0.3) is 0 Å². The molecule has 0 amide bonds. The zero-order valence-corrected chi connectivity index (χ0v) is 15.3. The van der Waals surface area contributed by atoms with Gasteiger partial charge in [-0.2, -0.15) is 0 Å². The fourth-order valence-electron chi connectivity index (χ4n) is 5.16. The molecule has 25 heavy (non-hydrogen) atoms. The standard InChI is InChI=1S/C24H30O/c1-3-11-21(12-4-1)23(15-7-8-16-23)19-25-20-24(17-9-10-18-24)22-13-5-2-6-14-22/h1-6,11-14H,7-10,15-20H2. The third-order valence-corrected chi connectivity index (χ3v) is 6.65. The molecule has 0 aromatic heterocycles. The van der Waals surface area contributed by atoms with E-state index in [-0.39, 0.29) is 10.8 Å². The minimum Gasteiger partial charge on any atom is -0.380 e. The normalized spacial score (nSPS) is 21.4. The van der Waals surface area contributed by atoms with Gasteiger partial charge in [0, 0.05) is 10.8 Å². The van der Waals surface area contributed by atoms with Crippen LogP contribution in [0.1, 0.15) is 62.5 Å². The third kappa shape index (κ3) is 3.40. The maximum absolute atomic E-state index is 6.52. The van der Waals surface area contributed by atoms with E-state index in [0.29, 0.717) is 0 Å².